The third-order valence-electron chi connectivity index (χ3n) is 2.28. The lowest BCUT2D eigenvalue weighted by molar-refractivity contribution is -0.151. The zero-order chi connectivity index (χ0) is 13.4. The quantitative estimate of drug-likeness (QED) is 0.590. The van der Waals surface area contributed by atoms with E-state index in [1.807, 2.05) is 6.92 Å². The smallest absolute Gasteiger partial charge is 0.344 e. The molecule has 100 valence electrons. The van der Waals surface area contributed by atoms with Crippen LogP contribution in [0.15, 0.2) is 24.3 Å². The van der Waals surface area contributed by atoms with Crippen LogP contribution in [0.25, 0.3) is 0 Å². The number of anilines is 1. The van der Waals surface area contributed by atoms with Crippen LogP contribution < -0.4 is 10.5 Å². The Morgan fingerprint density at radius 2 is 2.22 bits per heavy atom. The second kappa shape index (κ2) is 7.55. The Hall–Kier alpha value is -1.75. The molecule has 18 heavy (non-hydrogen) atoms. The highest BCUT2D eigenvalue weighted by Gasteiger charge is 2.10. The molecule has 2 N–H and O–H groups in total. The highest BCUT2D eigenvalue weighted by Crippen LogP contribution is 2.14. The summed E-state index contributed by atoms with van der Waals surface area (Å²) >= 11 is 0. The average molecular weight is 253 g/mol. The molecule has 5 nitrogen and oxygen atoms in total. The summed E-state index contributed by atoms with van der Waals surface area (Å²) in [5.74, 6) is 0.150. The molecular formula is C13H19NO4. The zero-order valence-electron chi connectivity index (χ0n) is 10.7. The normalized spacial score (nSPS) is 11.9. The number of methoxy groups -OCH3 is 1. The molecule has 1 unspecified atom stereocenters. The van der Waals surface area contributed by atoms with Gasteiger partial charge in [0.05, 0.1) is 0 Å². The summed E-state index contributed by atoms with van der Waals surface area (Å²) in [6.45, 7) is 2.25. The van der Waals surface area contributed by atoms with Crippen LogP contribution in [0.4, 0.5) is 5.69 Å². The van der Waals surface area contributed by atoms with Crippen molar-refractivity contribution in [3.63, 3.8) is 0 Å². The van der Waals surface area contributed by atoms with Crippen molar-refractivity contribution in [2.75, 3.05) is 26.1 Å². The molecule has 0 aliphatic heterocycles. The van der Waals surface area contributed by atoms with Crippen LogP contribution in [-0.2, 0) is 14.3 Å². The molecule has 0 spiro atoms. The van der Waals surface area contributed by atoms with Crippen molar-refractivity contribution in [3.05, 3.63) is 24.3 Å². The molecule has 1 rings (SSSR count). The van der Waals surface area contributed by atoms with E-state index >= 15 is 0 Å². The Bertz CT molecular complexity index is 381. The van der Waals surface area contributed by atoms with Gasteiger partial charge in [-0.3, -0.25) is 0 Å². The summed E-state index contributed by atoms with van der Waals surface area (Å²) in [5.41, 5.74) is 6.18. The number of hydrogen-bond donors (Lipinski definition) is 1. The predicted molar refractivity (Wildman–Crippen MR) is 68.4 cm³/mol. The zero-order valence-corrected chi connectivity index (χ0v) is 10.7. The first kappa shape index (κ1) is 14.3. The van der Waals surface area contributed by atoms with Gasteiger partial charge in [-0.2, -0.15) is 0 Å². The van der Waals surface area contributed by atoms with Gasteiger partial charge in [0.2, 0.25) is 0 Å². The molecule has 0 radical (unpaired) electrons. The standard InChI is InChI=1S/C13H19NO4/c1-10(6-7-16-2)18-13(15)9-17-12-5-3-4-11(14)8-12/h3-5,8,10H,6-7,9,14H2,1-2H3. The highest BCUT2D eigenvalue weighted by molar-refractivity contribution is 5.71. The van der Waals surface area contributed by atoms with Crippen molar-refractivity contribution in [2.45, 2.75) is 19.4 Å². The number of carbonyl (C=O) groups is 1. The van der Waals surface area contributed by atoms with Gasteiger partial charge >= 0.3 is 5.97 Å². The van der Waals surface area contributed by atoms with E-state index in [0.29, 0.717) is 24.5 Å². The summed E-state index contributed by atoms with van der Waals surface area (Å²) in [6.07, 6.45) is 0.488. The van der Waals surface area contributed by atoms with Crippen LogP contribution in [0.2, 0.25) is 0 Å². The Morgan fingerprint density at radius 3 is 2.89 bits per heavy atom. The third-order valence-corrected chi connectivity index (χ3v) is 2.28. The second-order valence-electron chi connectivity index (χ2n) is 3.94. The summed E-state index contributed by atoms with van der Waals surface area (Å²) in [6, 6.07) is 6.90. The Labute approximate surface area is 107 Å². The minimum Gasteiger partial charge on any atom is -0.482 e. The molecule has 0 heterocycles. The van der Waals surface area contributed by atoms with Crippen molar-refractivity contribution in [2.24, 2.45) is 0 Å². The largest absolute Gasteiger partial charge is 0.482 e. The van der Waals surface area contributed by atoms with Gasteiger partial charge in [0.25, 0.3) is 0 Å². The number of carbonyl (C=O) groups excluding carboxylic acids is 1. The van der Waals surface area contributed by atoms with Crippen LogP contribution in [0.5, 0.6) is 5.75 Å². The van der Waals surface area contributed by atoms with Gasteiger partial charge in [0, 0.05) is 31.9 Å². The lowest BCUT2D eigenvalue weighted by Gasteiger charge is -2.13. The van der Waals surface area contributed by atoms with E-state index in [1.165, 1.54) is 0 Å². The van der Waals surface area contributed by atoms with Gasteiger partial charge in [0.15, 0.2) is 6.61 Å². The molecule has 0 saturated heterocycles. The molecule has 1 aromatic carbocycles. The van der Waals surface area contributed by atoms with Crippen LogP contribution >= 0.6 is 0 Å². The monoisotopic (exact) mass is 253 g/mol. The van der Waals surface area contributed by atoms with Crippen LogP contribution in [-0.4, -0.2) is 32.4 Å². The van der Waals surface area contributed by atoms with Crippen LogP contribution in [0.1, 0.15) is 13.3 Å². The Kier molecular flexibility index (Phi) is 6.00. The maximum absolute atomic E-state index is 11.5. The molecule has 0 aliphatic carbocycles. The van der Waals surface area contributed by atoms with E-state index in [0.717, 1.165) is 0 Å². The number of ether oxygens (including phenoxy) is 3. The van der Waals surface area contributed by atoms with E-state index < -0.39 is 5.97 Å². The van der Waals surface area contributed by atoms with Crippen LogP contribution in [0, 0.1) is 0 Å². The number of rotatable bonds is 7. The molecule has 0 aromatic heterocycles. The summed E-state index contributed by atoms with van der Waals surface area (Å²) < 4.78 is 15.3. The van der Waals surface area contributed by atoms with E-state index in [9.17, 15) is 4.79 Å². The molecule has 0 aliphatic rings. The van der Waals surface area contributed by atoms with Gasteiger partial charge in [-0.25, -0.2) is 4.79 Å². The molecule has 5 heteroatoms. The first-order chi connectivity index (χ1) is 8.61. The van der Waals surface area contributed by atoms with Crippen molar-refractivity contribution < 1.29 is 19.0 Å². The Morgan fingerprint density at radius 1 is 1.44 bits per heavy atom. The highest BCUT2D eigenvalue weighted by atomic mass is 16.6. The molecule has 1 aromatic rings. The average Bonchev–Trinajstić information content (AvgIpc) is 2.34. The van der Waals surface area contributed by atoms with E-state index in [2.05, 4.69) is 0 Å². The van der Waals surface area contributed by atoms with Crippen LogP contribution in [0.3, 0.4) is 0 Å². The van der Waals surface area contributed by atoms with Crippen molar-refractivity contribution in [1.29, 1.82) is 0 Å². The number of benzene rings is 1. The van der Waals surface area contributed by atoms with Crippen molar-refractivity contribution >= 4 is 11.7 Å². The Balaban J connectivity index is 2.28. The summed E-state index contributed by atoms with van der Waals surface area (Å²) in [4.78, 5) is 11.5. The molecule has 0 fully saturated rings. The molecule has 1 atom stereocenters. The molecule has 0 saturated carbocycles. The summed E-state index contributed by atoms with van der Waals surface area (Å²) in [7, 11) is 1.61. The van der Waals surface area contributed by atoms with E-state index in [4.69, 9.17) is 19.9 Å². The fourth-order valence-corrected chi connectivity index (χ4v) is 1.35. The van der Waals surface area contributed by atoms with E-state index in [1.54, 1.807) is 31.4 Å². The maximum atomic E-state index is 11.5. The van der Waals surface area contributed by atoms with Crippen molar-refractivity contribution in [3.8, 4) is 5.75 Å². The van der Waals surface area contributed by atoms with Gasteiger partial charge < -0.3 is 19.9 Å². The number of nitrogen functional groups attached to an aromatic ring is 1. The summed E-state index contributed by atoms with van der Waals surface area (Å²) in [5, 5.41) is 0. The minimum atomic E-state index is -0.402. The molecular weight excluding hydrogens is 234 g/mol. The first-order valence-electron chi connectivity index (χ1n) is 5.78. The fourth-order valence-electron chi connectivity index (χ4n) is 1.35. The fraction of sp³-hybridized carbons (Fsp3) is 0.462. The second-order valence-corrected chi connectivity index (χ2v) is 3.94. The predicted octanol–water partition coefficient (Wildman–Crippen LogP) is 1.62. The number of hydrogen-bond acceptors (Lipinski definition) is 5. The molecule has 0 amide bonds. The number of esters is 1. The van der Waals surface area contributed by atoms with Crippen molar-refractivity contribution in [1.82, 2.24) is 0 Å². The maximum Gasteiger partial charge on any atom is 0.344 e. The minimum absolute atomic E-state index is 0.124. The van der Waals surface area contributed by atoms with Gasteiger partial charge in [0.1, 0.15) is 11.9 Å². The topological polar surface area (TPSA) is 70.8 Å². The van der Waals surface area contributed by atoms with Gasteiger partial charge in [-0.15, -0.1) is 0 Å². The van der Waals surface area contributed by atoms with Gasteiger partial charge in [-0.05, 0) is 19.1 Å². The molecule has 0 bridgehead atoms. The van der Waals surface area contributed by atoms with E-state index in [-0.39, 0.29) is 12.7 Å². The lowest BCUT2D eigenvalue weighted by Crippen LogP contribution is -2.21. The third kappa shape index (κ3) is 5.54. The number of nitrogens with two attached hydrogens (primary N) is 1. The SMILES string of the molecule is COCCC(C)OC(=O)COc1cccc(N)c1. The van der Waals surface area contributed by atoms with Gasteiger partial charge in [-0.1, -0.05) is 6.07 Å². The first-order valence-corrected chi connectivity index (χ1v) is 5.78. The lowest BCUT2D eigenvalue weighted by atomic mass is 10.3.